The molecule has 0 spiro atoms. The molecule has 0 fully saturated rings. The zero-order valence-electron chi connectivity index (χ0n) is 16.0. The number of anilines is 1. The van der Waals surface area contributed by atoms with Crippen LogP contribution in [-0.4, -0.2) is 38.1 Å². The molecule has 144 valence electrons. The quantitative estimate of drug-likeness (QED) is 0.709. The second-order valence-electron chi connectivity index (χ2n) is 7.30. The normalized spacial score (nSPS) is 11.1. The minimum absolute atomic E-state index is 0.0192. The largest absolute Gasteiger partial charge is 0.343 e. The summed E-state index contributed by atoms with van der Waals surface area (Å²) < 4.78 is 1.56. The number of carbonyl (C=O) groups is 2. The highest BCUT2D eigenvalue weighted by molar-refractivity contribution is 5.99. The van der Waals surface area contributed by atoms with Gasteiger partial charge in [0.25, 0.3) is 5.91 Å². The Kier molecular flexibility index (Phi) is 5.49. The maximum atomic E-state index is 12.2. The highest BCUT2D eigenvalue weighted by atomic mass is 16.2. The van der Waals surface area contributed by atoms with Gasteiger partial charge in [-0.25, -0.2) is 14.6 Å². The van der Waals surface area contributed by atoms with Gasteiger partial charge in [-0.05, 0) is 35.2 Å². The van der Waals surface area contributed by atoms with Gasteiger partial charge < -0.3 is 10.6 Å². The summed E-state index contributed by atoms with van der Waals surface area (Å²) in [5, 5.41) is 9.25. The summed E-state index contributed by atoms with van der Waals surface area (Å²) in [4.78, 5) is 32.3. The summed E-state index contributed by atoms with van der Waals surface area (Å²) >= 11 is 0. The zero-order valence-corrected chi connectivity index (χ0v) is 16.0. The molecule has 0 unspecified atom stereocenters. The smallest absolute Gasteiger partial charge is 0.251 e. The molecule has 1 aromatic carbocycles. The Balaban J connectivity index is 1.52. The van der Waals surface area contributed by atoms with Crippen LogP contribution in [0, 0.1) is 0 Å². The first-order chi connectivity index (χ1) is 13.3. The van der Waals surface area contributed by atoms with Crippen LogP contribution < -0.4 is 10.6 Å². The van der Waals surface area contributed by atoms with Crippen molar-refractivity contribution >= 4 is 17.6 Å². The number of amides is 2. The molecule has 2 heterocycles. The molecule has 0 aliphatic rings. The van der Waals surface area contributed by atoms with Crippen LogP contribution in [0.15, 0.2) is 55.2 Å². The summed E-state index contributed by atoms with van der Waals surface area (Å²) in [6.07, 6.45) is 4.55. The van der Waals surface area contributed by atoms with Crippen molar-refractivity contribution in [2.24, 2.45) is 0 Å². The molecule has 8 nitrogen and oxygen atoms in total. The Labute approximate surface area is 163 Å². The van der Waals surface area contributed by atoms with Gasteiger partial charge in [-0.1, -0.05) is 32.9 Å². The molecule has 3 aromatic rings. The first-order valence-corrected chi connectivity index (χ1v) is 8.82. The molecule has 0 aliphatic heterocycles. The molecule has 0 aliphatic carbocycles. The van der Waals surface area contributed by atoms with Crippen LogP contribution in [0.1, 0.15) is 36.7 Å². The monoisotopic (exact) mass is 378 g/mol. The maximum absolute atomic E-state index is 12.2. The second-order valence-corrected chi connectivity index (χ2v) is 7.30. The summed E-state index contributed by atoms with van der Waals surface area (Å²) in [5.41, 5.74) is 2.39. The van der Waals surface area contributed by atoms with Crippen molar-refractivity contribution in [2.45, 2.75) is 26.2 Å². The summed E-state index contributed by atoms with van der Waals surface area (Å²) in [6.45, 7) is 6.18. The van der Waals surface area contributed by atoms with Crippen molar-refractivity contribution in [3.8, 4) is 5.69 Å². The van der Waals surface area contributed by atoms with E-state index >= 15 is 0 Å². The fourth-order valence-corrected chi connectivity index (χ4v) is 2.51. The molecule has 2 N–H and O–H groups in total. The van der Waals surface area contributed by atoms with Gasteiger partial charge in [-0.15, -0.1) is 0 Å². The molecule has 0 bridgehead atoms. The minimum Gasteiger partial charge on any atom is -0.343 e. The molecule has 0 atom stereocenters. The first-order valence-electron chi connectivity index (χ1n) is 8.82. The fraction of sp³-hybridized carbons (Fsp3) is 0.250. The summed E-state index contributed by atoms with van der Waals surface area (Å²) in [6, 6.07) is 10.8. The highest BCUT2D eigenvalue weighted by Gasteiger charge is 2.14. The standard InChI is InChI=1S/C20H22N6O2/c1-20(2,3)15-6-4-14(5-7-15)19(28)23-11-18(27)25-17-9-8-16(10-22-17)26-13-21-12-24-26/h4-10,12-13H,11H2,1-3H3,(H,23,28)(H,22,25,27). The molecule has 0 saturated carbocycles. The van der Waals surface area contributed by atoms with E-state index in [1.807, 2.05) is 12.1 Å². The second kappa shape index (κ2) is 7.99. The molecular weight excluding hydrogens is 356 g/mol. The first kappa shape index (κ1) is 19.2. The van der Waals surface area contributed by atoms with Crippen molar-refractivity contribution in [3.63, 3.8) is 0 Å². The fourth-order valence-electron chi connectivity index (χ4n) is 2.51. The van der Waals surface area contributed by atoms with Crippen LogP contribution >= 0.6 is 0 Å². The third-order valence-corrected chi connectivity index (χ3v) is 4.12. The Morgan fingerprint density at radius 1 is 1.07 bits per heavy atom. The zero-order chi connectivity index (χ0) is 20.1. The van der Waals surface area contributed by atoms with E-state index in [0.717, 1.165) is 11.3 Å². The van der Waals surface area contributed by atoms with Crippen LogP contribution in [0.2, 0.25) is 0 Å². The van der Waals surface area contributed by atoms with Crippen molar-refractivity contribution < 1.29 is 9.59 Å². The number of aromatic nitrogens is 4. The Hall–Kier alpha value is -3.55. The van der Waals surface area contributed by atoms with E-state index in [-0.39, 0.29) is 23.8 Å². The molecule has 0 saturated heterocycles. The summed E-state index contributed by atoms with van der Waals surface area (Å²) in [7, 11) is 0. The van der Waals surface area contributed by atoms with Crippen LogP contribution in [0.5, 0.6) is 0 Å². The van der Waals surface area contributed by atoms with Crippen molar-refractivity contribution in [1.29, 1.82) is 0 Å². The van der Waals surface area contributed by atoms with Crippen molar-refractivity contribution in [2.75, 3.05) is 11.9 Å². The average Bonchev–Trinajstić information content (AvgIpc) is 3.21. The van der Waals surface area contributed by atoms with E-state index in [1.165, 1.54) is 6.33 Å². The van der Waals surface area contributed by atoms with E-state index in [4.69, 9.17) is 0 Å². The van der Waals surface area contributed by atoms with E-state index in [9.17, 15) is 9.59 Å². The third kappa shape index (κ3) is 4.79. The number of nitrogens with one attached hydrogen (secondary N) is 2. The molecular formula is C20H22N6O2. The molecule has 3 rings (SSSR count). The number of pyridine rings is 1. The van der Waals surface area contributed by atoms with Gasteiger partial charge in [0.1, 0.15) is 18.5 Å². The van der Waals surface area contributed by atoms with Crippen LogP contribution in [0.3, 0.4) is 0 Å². The van der Waals surface area contributed by atoms with Crippen molar-refractivity contribution in [1.82, 2.24) is 25.1 Å². The van der Waals surface area contributed by atoms with Gasteiger partial charge in [-0.2, -0.15) is 5.10 Å². The highest BCUT2D eigenvalue weighted by Crippen LogP contribution is 2.22. The lowest BCUT2D eigenvalue weighted by atomic mass is 9.87. The van der Waals surface area contributed by atoms with Gasteiger partial charge in [0, 0.05) is 5.56 Å². The minimum atomic E-state index is -0.360. The SMILES string of the molecule is CC(C)(C)c1ccc(C(=O)NCC(=O)Nc2ccc(-n3cncn3)cn2)cc1. The van der Waals surface area contributed by atoms with Crippen LogP contribution in [0.4, 0.5) is 5.82 Å². The van der Waals surface area contributed by atoms with Gasteiger partial charge in [0.15, 0.2) is 0 Å². The number of rotatable bonds is 5. The Morgan fingerprint density at radius 2 is 1.82 bits per heavy atom. The molecule has 2 amide bonds. The van der Waals surface area contributed by atoms with E-state index < -0.39 is 0 Å². The Bertz CT molecular complexity index is 942. The Morgan fingerprint density at radius 3 is 2.39 bits per heavy atom. The van der Waals surface area contributed by atoms with E-state index in [2.05, 4.69) is 46.5 Å². The van der Waals surface area contributed by atoms with Crippen LogP contribution in [-0.2, 0) is 10.2 Å². The lowest BCUT2D eigenvalue weighted by Crippen LogP contribution is -2.33. The van der Waals surface area contributed by atoms with Gasteiger partial charge in [-0.3, -0.25) is 9.59 Å². The van der Waals surface area contributed by atoms with E-state index in [0.29, 0.717) is 11.4 Å². The molecule has 28 heavy (non-hydrogen) atoms. The third-order valence-electron chi connectivity index (χ3n) is 4.12. The van der Waals surface area contributed by atoms with Gasteiger partial charge in [0.2, 0.25) is 5.91 Å². The van der Waals surface area contributed by atoms with Gasteiger partial charge >= 0.3 is 0 Å². The van der Waals surface area contributed by atoms with Crippen LogP contribution in [0.25, 0.3) is 5.69 Å². The number of carbonyl (C=O) groups excluding carboxylic acids is 2. The average molecular weight is 378 g/mol. The van der Waals surface area contributed by atoms with Gasteiger partial charge in [0.05, 0.1) is 18.4 Å². The topological polar surface area (TPSA) is 102 Å². The predicted molar refractivity (Wildman–Crippen MR) is 105 cm³/mol. The number of nitrogens with zero attached hydrogens (tertiary/aromatic N) is 4. The number of benzene rings is 1. The lowest BCUT2D eigenvalue weighted by molar-refractivity contribution is -0.115. The lowest BCUT2D eigenvalue weighted by Gasteiger charge is -2.19. The predicted octanol–water partition coefficient (Wildman–Crippen LogP) is 2.33. The van der Waals surface area contributed by atoms with E-state index in [1.54, 1.807) is 41.5 Å². The molecule has 2 aromatic heterocycles. The molecule has 8 heteroatoms. The number of hydrogen-bond donors (Lipinski definition) is 2. The van der Waals surface area contributed by atoms with Crippen molar-refractivity contribution in [3.05, 3.63) is 66.4 Å². The summed E-state index contributed by atoms with van der Waals surface area (Å²) in [5.74, 6) is -0.275. The molecule has 0 radical (unpaired) electrons. The number of hydrogen-bond acceptors (Lipinski definition) is 5. The maximum Gasteiger partial charge on any atom is 0.251 e.